The van der Waals surface area contributed by atoms with Crippen molar-refractivity contribution in [1.82, 2.24) is 10.2 Å². The van der Waals surface area contributed by atoms with E-state index in [-0.39, 0.29) is 6.03 Å². The molecule has 2 amide bonds. The number of piperidine rings is 1. The van der Waals surface area contributed by atoms with Crippen LogP contribution in [0.1, 0.15) is 65.7 Å². The number of carbonyl (C=O) groups excluding carboxylic acids is 1. The minimum Gasteiger partial charge on any atom is -0.336 e. The lowest BCUT2D eigenvalue weighted by Gasteiger charge is -2.34. The van der Waals surface area contributed by atoms with Gasteiger partial charge in [-0.3, -0.25) is 0 Å². The van der Waals surface area contributed by atoms with Crippen LogP contribution in [0.4, 0.5) is 4.79 Å². The molecule has 3 heteroatoms. The smallest absolute Gasteiger partial charge is 0.317 e. The van der Waals surface area contributed by atoms with Gasteiger partial charge in [0.25, 0.3) is 0 Å². The molecule has 0 aromatic carbocycles. The average molecular weight is 240 g/mol. The van der Waals surface area contributed by atoms with E-state index in [1.807, 2.05) is 4.90 Å². The minimum absolute atomic E-state index is 0.140. The highest BCUT2D eigenvalue weighted by Crippen LogP contribution is 2.16. The van der Waals surface area contributed by atoms with Crippen molar-refractivity contribution < 1.29 is 4.79 Å². The molecule has 2 unspecified atom stereocenters. The summed E-state index contributed by atoms with van der Waals surface area (Å²) < 4.78 is 0. The summed E-state index contributed by atoms with van der Waals surface area (Å²) in [5, 5.41) is 3.13. The molecule has 0 saturated carbocycles. The van der Waals surface area contributed by atoms with E-state index in [1.165, 1.54) is 25.7 Å². The van der Waals surface area contributed by atoms with Crippen LogP contribution in [0.2, 0.25) is 0 Å². The third-order valence-corrected chi connectivity index (χ3v) is 3.67. The van der Waals surface area contributed by atoms with Gasteiger partial charge in [0.05, 0.1) is 0 Å². The lowest BCUT2D eigenvalue weighted by Crippen LogP contribution is -2.49. The van der Waals surface area contributed by atoms with Crippen molar-refractivity contribution >= 4 is 6.03 Å². The summed E-state index contributed by atoms with van der Waals surface area (Å²) in [6.07, 6.45) is 8.38. The number of amides is 2. The largest absolute Gasteiger partial charge is 0.336 e. The number of nitrogens with one attached hydrogen (secondary N) is 1. The summed E-state index contributed by atoms with van der Waals surface area (Å²) >= 11 is 0. The SMILES string of the molecule is CCCCCC(C)NC(=O)N1CCCCC1C. The second-order valence-electron chi connectivity index (χ2n) is 5.38. The standard InChI is InChI=1S/C14H28N2O/c1-4-5-6-9-12(2)15-14(17)16-11-8-7-10-13(16)3/h12-13H,4-11H2,1-3H3,(H,15,17). The topological polar surface area (TPSA) is 32.3 Å². The van der Waals surface area contributed by atoms with Crippen LogP contribution in [-0.4, -0.2) is 29.6 Å². The lowest BCUT2D eigenvalue weighted by molar-refractivity contribution is 0.155. The van der Waals surface area contributed by atoms with Crippen LogP contribution in [0.3, 0.4) is 0 Å². The van der Waals surface area contributed by atoms with Gasteiger partial charge in [0.2, 0.25) is 0 Å². The molecule has 0 aliphatic carbocycles. The Labute approximate surface area is 106 Å². The van der Waals surface area contributed by atoms with Gasteiger partial charge in [0, 0.05) is 18.6 Å². The van der Waals surface area contributed by atoms with Gasteiger partial charge in [0.15, 0.2) is 0 Å². The molecule has 0 aromatic rings. The minimum atomic E-state index is 0.140. The van der Waals surface area contributed by atoms with Crippen LogP contribution in [0, 0.1) is 0 Å². The Morgan fingerprint density at radius 1 is 1.41 bits per heavy atom. The maximum atomic E-state index is 12.1. The van der Waals surface area contributed by atoms with E-state index in [0.717, 1.165) is 25.8 Å². The van der Waals surface area contributed by atoms with E-state index in [4.69, 9.17) is 0 Å². The number of hydrogen-bond donors (Lipinski definition) is 1. The molecule has 1 rings (SSSR count). The second kappa shape index (κ2) is 7.57. The molecule has 100 valence electrons. The first kappa shape index (κ1) is 14.3. The molecule has 1 aliphatic heterocycles. The van der Waals surface area contributed by atoms with Gasteiger partial charge in [-0.25, -0.2) is 4.79 Å². The molecular weight excluding hydrogens is 212 g/mol. The van der Waals surface area contributed by atoms with Crippen LogP contribution in [0.15, 0.2) is 0 Å². The molecule has 1 saturated heterocycles. The Hall–Kier alpha value is -0.730. The average Bonchev–Trinajstić information content (AvgIpc) is 2.29. The third-order valence-electron chi connectivity index (χ3n) is 3.67. The predicted molar refractivity (Wildman–Crippen MR) is 72.2 cm³/mol. The predicted octanol–water partition coefficient (Wildman–Crippen LogP) is 3.54. The van der Waals surface area contributed by atoms with Gasteiger partial charge in [-0.2, -0.15) is 0 Å². The Morgan fingerprint density at radius 3 is 2.82 bits per heavy atom. The van der Waals surface area contributed by atoms with E-state index >= 15 is 0 Å². The highest BCUT2D eigenvalue weighted by Gasteiger charge is 2.23. The molecule has 0 radical (unpaired) electrons. The van der Waals surface area contributed by atoms with Crippen molar-refractivity contribution in [3.05, 3.63) is 0 Å². The van der Waals surface area contributed by atoms with Gasteiger partial charge in [-0.15, -0.1) is 0 Å². The Bertz CT molecular complexity index is 230. The number of carbonyl (C=O) groups is 1. The van der Waals surface area contributed by atoms with Gasteiger partial charge in [0.1, 0.15) is 0 Å². The van der Waals surface area contributed by atoms with Crippen molar-refractivity contribution in [3.8, 4) is 0 Å². The zero-order valence-corrected chi connectivity index (χ0v) is 11.7. The maximum absolute atomic E-state index is 12.1. The lowest BCUT2D eigenvalue weighted by atomic mass is 10.0. The first-order chi connectivity index (χ1) is 8.15. The van der Waals surface area contributed by atoms with Crippen LogP contribution in [-0.2, 0) is 0 Å². The summed E-state index contributed by atoms with van der Waals surface area (Å²) in [5.74, 6) is 0. The van der Waals surface area contributed by atoms with E-state index < -0.39 is 0 Å². The molecule has 0 aromatic heterocycles. The van der Waals surface area contributed by atoms with Gasteiger partial charge in [-0.05, 0) is 39.5 Å². The second-order valence-corrected chi connectivity index (χ2v) is 5.38. The van der Waals surface area contributed by atoms with Crippen molar-refractivity contribution in [3.63, 3.8) is 0 Å². The van der Waals surface area contributed by atoms with Crippen molar-refractivity contribution in [2.75, 3.05) is 6.54 Å². The fourth-order valence-electron chi connectivity index (χ4n) is 2.47. The fourth-order valence-corrected chi connectivity index (χ4v) is 2.47. The number of hydrogen-bond acceptors (Lipinski definition) is 1. The van der Waals surface area contributed by atoms with Gasteiger partial charge >= 0.3 is 6.03 Å². The van der Waals surface area contributed by atoms with Gasteiger partial charge in [-0.1, -0.05) is 26.2 Å². The number of urea groups is 1. The Morgan fingerprint density at radius 2 is 2.18 bits per heavy atom. The number of nitrogens with zero attached hydrogens (tertiary/aromatic N) is 1. The molecular formula is C14H28N2O. The third kappa shape index (κ3) is 4.97. The van der Waals surface area contributed by atoms with Gasteiger partial charge < -0.3 is 10.2 Å². The number of rotatable bonds is 5. The molecule has 0 bridgehead atoms. The highest BCUT2D eigenvalue weighted by atomic mass is 16.2. The fraction of sp³-hybridized carbons (Fsp3) is 0.929. The number of unbranched alkanes of at least 4 members (excludes halogenated alkanes) is 2. The van der Waals surface area contributed by atoms with Crippen LogP contribution >= 0.6 is 0 Å². The summed E-state index contributed by atoms with van der Waals surface area (Å²) in [5.41, 5.74) is 0. The maximum Gasteiger partial charge on any atom is 0.317 e. The van der Waals surface area contributed by atoms with E-state index in [2.05, 4.69) is 26.1 Å². The molecule has 1 fully saturated rings. The molecule has 1 aliphatic rings. The zero-order valence-electron chi connectivity index (χ0n) is 11.7. The van der Waals surface area contributed by atoms with E-state index in [0.29, 0.717) is 12.1 Å². The Balaban J connectivity index is 2.27. The number of likely N-dealkylation sites (tertiary alicyclic amines) is 1. The van der Waals surface area contributed by atoms with Crippen molar-refractivity contribution in [1.29, 1.82) is 0 Å². The molecule has 3 nitrogen and oxygen atoms in total. The van der Waals surface area contributed by atoms with E-state index in [1.54, 1.807) is 0 Å². The summed E-state index contributed by atoms with van der Waals surface area (Å²) in [6, 6.07) is 0.857. The molecule has 2 atom stereocenters. The molecule has 0 spiro atoms. The first-order valence-electron chi connectivity index (χ1n) is 7.22. The molecule has 1 heterocycles. The Kier molecular flexibility index (Phi) is 6.38. The molecule has 17 heavy (non-hydrogen) atoms. The first-order valence-corrected chi connectivity index (χ1v) is 7.22. The van der Waals surface area contributed by atoms with Crippen LogP contribution < -0.4 is 5.32 Å². The van der Waals surface area contributed by atoms with Crippen LogP contribution in [0.25, 0.3) is 0 Å². The summed E-state index contributed by atoms with van der Waals surface area (Å²) in [4.78, 5) is 14.1. The monoisotopic (exact) mass is 240 g/mol. The van der Waals surface area contributed by atoms with E-state index in [9.17, 15) is 4.79 Å². The van der Waals surface area contributed by atoms with Crippen molar-refractivity contribution in [2.45, 2.75) is 77.8 Å². The molecule has 1 N–H and O–H groups in total. The normalized spacial score (nSPS) is 22.3. The quantitative estimate of drug-likeness (QED) is 0.732. The zero-order chi connectivity index (χ0) is 12.7. The van der Waals surface area contributed by atoms with Crippen LogP contribution in [0.5, 0.6) is 0 Å². The summed E-state index contributed by atoms with van der Waals surface area (Å²) in [6.45, 7) is 7.40. The highest BCUT2D eigenvalue weighted by molar-refractivity contribution is 5.74. The summed E-state index contributed by atoms with van der Waals surface area (Å²) in [7, 11) is 0. The van der Waals surface area contributed by atoms with Crippen molar-refractivity contribution in [2.24, 2.45) is 0 Å².